The number of carboxylic acids is 1. The number of benzene rings is 1. The molecule has 1 N–H and O–H groups in total. The van der Waals surface area contributed by atoms with E-state index < -0.39 is 12.1 Å². The lowest BCUT2D eigenvalue weighted by Crippen LogP contribution is -2.51. The molecule has 1 saturated heterocycles. The fourth-order valence-corrected chi connectivity index (χ4v) is 2.79. The van der Waals surface area contributed by atoms with Gasteiger partial charge >= 0.3 is 5.97 Å². The number of ether oxygens (including phenoxy) is 1. The first-order valence-electron chi connectivity index (χ1n) is 7.18. The van der Waals surface area contributed by atoms with E-state index in [-0.39, 0.29) is 24.2 Å². The molecule has 0 spiro atoms. The molecule has 1 aliphatic rings. The number of amides is 1. The molecule has 2 heterocycles. The van der Waals surface area contributed by atoms with E-state index in [1.807, 2.05) is 6.07 Å². The third-order valence-electron chi connectivity index (χ3n) is 3.70. The number of morpholine rings is 1. The zero-order valence-corrected chi connectivity index (χ0v) is 13.2. The summed E-state index contributed by atoms with van der Waals surface area (Å²) >= 11 is 5.96. The summed E-state index contributed by atoms with van der Waals surface area (Å²) in [5, 5.41) is 10.5. The van der Waals surface area contributed by atoms with Crippen molar-refractivity contribution in [3.63, 3.8) is 0 Å². The lowest BCUT2D eigenvalue weighted by molar-refractivity contribution is -0.160. The lowest BCUT2D eigenvalue weighted by Gasteiger charge is -2.34. The number of carbonyl (C=O) groups excluding carboxylic acids is 1. The molecule has 1 aromatic carbocycles. The summed E-state index contributed by atoms with van der Waals surface area (Å²) in [6, 6.07) is 8.71. The normalized spacial score (nSPS) is 21.4. The van der Waals surface area contributed by atoms with Gasteiger partial charge in [-0.05, 0) is 25.1 Å². The number of halogens is 1. The summed E-state index contributed by atoms with van der Waals surface area (Å²) in [6.07, 6.45) is -1.36. The van der Waals surface area contributed by atoms with Crippen LogP contribution in [0.4, 0.5) is 0 Å². The van der Waals surface area contributed by atoms with Crippen molar-refractivity contribution >= 4 is 34.4 Å². The fraction of sp³-hybridized carbons (Fsp3) is 0.312. The van der Waals surface area contributed by atoms with Gasteiger partial charge in [0.15, 0.2) is 6.10 Å². The third kappa shape index (κ3) is 3.28. The van der Waals surface area contributed by atoms with Crippen molar-refractivity contribution in [2.75, 3.05) is 13.1 Å². The largest absolute Gasteiger partial charge is 0.479 e. The Morgan fingerprint density at radius 3 is 2.78 bits per heavy atom. The third-order valence-corrected chi connectivity index (χ3v) is 3.93. The number of fused-ring (bicyclic) bond motifs is 1. The van der Waals surface area contributed by atoms with Crippen LogP contribution in [0.2, 0.25) is 5.02 Å². The van der Waals surface area contributed by atoms with E-state index in [9.17, 15) is 9.59 Å². The summed E-state index contributed by atoms with van der Waals surface area (Å²) in [5.74, 6) is -1.39. The molecule has 7 heteroatoms. The predicted molar refractivity (Wildman–Crippen MR) is 84.6 cm³/mol. The second-order valence-electron chi connectivity index (χ2n) is 5.52. The van der Waals surface area contributed by atoms with Gasteiger partial charge in [-0.25, -0.2) is 9.78 Å². The summed E-state index contributed by atoms with van der Waals surface area (Å²) in [4.78, 5) is 29.6. The highest BCUT2D eigenvalue weighted by atomic mass is 35.5. The molecular formula is C16H15ClN2O4. The van der Waals surface area contributed by atoms with Crippen LogP contribution in [0.15, 0.2) is 30.3 Å². The zero-order valence-electron chi connectivity index (χ0n) is 12.4. The highest BCUT2D eigenvalue weighted by molar-refractivity contribution is 6.31. The van der Waals surface area contributed by atoms with Gasteiger partial charge in [-0.1, -0.05) is 23.7 Å². The van der Waals surface area contributed by atoms with E-state index in [0.717, 1.165) is 5.39 Å². The molecule has 1 fully saturated rings. The van der Waals surface area contributed by atoms with Crippen LogP contribution in [0.5, 0.6) is 0 Å². The minimum Gasteiger partial charge on any atom is -0.479 e. The van der Waals surface area contributed by atoms with Gasteiger partial charge in [0.05, 0.1) is 18.2 Å². The van der Waals surface area contributed by atoms with E-state index in [2.05, 4.69) is 4.98 Å². The van der Waals surface area contributed by atoms with E-state index in [4.69, 9.17) is 21.4 Å². The average Bonchev–Trinajstić information content (AvgIpc) is 2.52. The quantitative estimate of drug-likeness (QED) is 0.910. The van der Waals surface area contributed by atoms with Crippen LogP contribution in [0.1, 0.15) is 17.4 Å². The number of hydrogen-bond acceptors (Lipinski definition) is 4. The molecule has 0 radical (unpaired) electrons. The second kappa shape index (κ2) is 6.14. The number of carbonyl (C=O) groups is 2. The SMILES string of the molecule is C[C@@H]1CN(C(=O)c2ccc3ccc(Cl)cc3n2)CC(C(=O)O)O1. The molecule has 0 saturated carbocycles. The molecule has 3 rings (SSSR count). The van der Waals surface area contributed by atoms with Gasteiger partial charge in [0.25, 0.3) is 5.91 Å². The maximum Gasteiger partial charge on any atom is 0.334 e. The van der Waals surface area contributed by atoms with Gasteiger partial charge in [0, 0.05) is 17.0 Å². The van der Waals surface area contributed by atoms with Gasteiger partial charge in [-0.15, -0.1) is 0 Å². The average molecular weight is 335 g/mol. The van der Waals surface area contributed by atoms with Crippen molar-refractivity contribution in [1.82, 2.24) is 9.88 Å². The van der Waals surface area contributed by atoms with E-state index >= 15 is 0 Å². The van der Waals surface area contributed by atoms with Crippen LogP contribution in [0.25, 0.3) is 10.9 Å². The number of carboxylic acid groups (broad SMARTS) is 1. The summed E-state index contributed by atoms with van der Waals surface area (Å²) in [5.41, 5.74) is 0.887. The Kier molecular flexibility index (Phi) is 4.19. The molecule has 23 heavy (non-hydrogen) atoms. The fourth-order valence-electron chi connectivity index (χ4n) is 2.63. The highest BCUT2D eigenvalue weighted by Crippen LogP contribution is 2.20. The minimum atomic E-state index is -1.08. The monoisotopic (exact) mass is 334 g/mol. The van der Waals surface area contributed by atoms with E-state index in [0.29, 0.717) is 17.1 Å². The molecule has 1 unspecified atom stereocenters. The Labute approximate surface area is 137 Å². The second-order valence-corrected chi connectivity index (χ2v) is 5.95. The van der Waals surface area contributed by atoms with Crippen LogP contribution in [-0.2, 0) is 9.53 Å². The van der Waals surface area contributed by atoms with Gasteiger partial charge in [0.2, 0.25) is 0 Å². The maximum atomic E-state index is 12.6. The van der Waals surface area contributed by atoms with Gasteiger partial charge in [0.1, 0.15) is 5.69 Å². The first kappa shape index (κ1) is 15.7. The minimum absolute atomic E-state index is 0.00771. The molecular weight excluding hydrogens is 320 g/mol. The maximum absolute atomic E-state index is 12.6. The van der Waals surface area contributed by atoms with Crippen molar-refractivity contribution in [3.8, 4) is 0 Å². The van der Waals surface area contributed by atoms with Crippen LogP contribution < -0.4 is 0 Å². The van der Waals surface area contributed by atoms with Crippen molar-refractivity contribution < 1.29 is 19.4 Å². The first-order valence-corrected chi connectivity index (χ1v) is 7.55. The molecule has 6 nitrogen and oxygen atoms in total. The molecule has 120 valence electrons. The summed E-state index contributed by atoms with van der Waals surface area (Å²) < 4.78 is 5.32. The highest BCUT2D eigenvalue weighted by Gasteiger charge is 2.33. The number of aliphatic carboxylic acids is 1. The van der Waals surface area contributed by atoms with E-state index in [1.54, 1.807) is 31.2 Å². The Balaban J connectivity index is 1.88. The predicted octanol–water partition coefficient (Wildman–Crippen LogP) is 2.20. The molecule has 2 atom stereocenters. The first-order chi connectivity index (χ1) is 10.9. The van der Waals surface area contributed by atoms with Crippen LogP contribution >= 0.6 is 11.6 Å². The van der Waals surface area contributed by atoms with Crippen LogP contribution in [0.3, 0.4) is 0 Å². The lowest BCUT2D eigenvalue weighted by atomic mass is 10.1. The van der Waals surface area contributed by atoms with Crippen molar-refractivity contribution in [1.29, 1.82) is 0 Å². The topological polar surface area (TPSA) is 79.7 Å². The van der Waals surface area contributed by atoms with Crippen LogP contribution in [-0.4, -0.2) is 52.2 Å². The van der Waals surface area contributed by atoms with Gasteiger partial charge in [-0.3, -0.25) is 4.79 Å². The van der Waals surface area contributed by atoms with Gasteiger partial charge < -0.3 is 14.7 Å². The number of aromatic nitrogens is 1. The van der Waals surface area contributed by atoms with Crippen LogP contribution in [0, 0.1) is 0 Å². The number of nitrogens with zero attached hydrogens (tertiary/aromatic N) is 2. The smallest absolute Gasteiger partial charge is 0.334 e. The number of hydrogen-bond donors (Lipinski definition) is 1. The Bertz CT molecular complexity index is 780. The molecule has 1 aromatic heterocycles. The Morgan fingerprint density at radius 2 is 2.04 bits per heavy atom. The molecule has 1 aliphatic heterocycles. The molecule has 2 aromatic rings. The Hall–Kier alpha value is -2.18. The molecule has 0 aliphatic carbocycles. The van der Waals surface area contributed by atoms with E-state index in [1.165, 1.54) is 4.90 Å². The van der Waals surface area contributed by atoms with Gasteiger partial charge in [-0.2, -0.15) is 0 Å². The molecule has 0 bridgehead atoms. The zero-order chi connectivity index (χ0) is 16.6. The molecule has 1 amide bonds. The standard InChI is InChI=1S/C16H15ClN2O4/c1-9-7-19(8-14(23-9)16(21)22)15(20)12-5-3-10-2-4-11(17)6-13(10)18-12/h2-6,9,14H,7-8H2,1H3,(H,21,22)/t9-,14?/m1/s1. The summed E-state index contributed by atoms with van der Waals surface area (Å²) in [7, 11) is 0. The number of pyridine rings is 1. The Morgan fingerprint density at radius 1 is 1.30 bits per heavy atom. The summed E-state index contributed by atoms with van der Waals surface area (Å²) in [6.45, 7) is 2.08. The van der Waals surface area contributed by atoms with Crippen molar-refractivity contribution in [2.45, 2.75) is 19.1 Å². The van der Waals surface area contributed by atoms with Crippen molar-refractivity contribution in [3.05, 3.63) is 41.0 Å². The van der Waals surface area contributed by atoms with Crippen molar-refractivity contribution in [2.24, 2.45) is 0 Å². The number of rotatable bonds is 2.